The summed E-state index contributed by atoms with van der Waals surface area (Å²) in [6.07, 6.45) is 0. The van der Waals surface area contributed by atoms with Gasteiger partial charge in [0.1, 0.15) is 11.3 Å². The number of halogens is 2. The summed E-state index contributed by atoms with van der Waals surface area (Å²) in [7, 11) is 0. The lowest BCUT2D eigenvalue weighted by molar-refractivity contribution is 0.101. The first-order chi connectivity index (χ1) is 9.54. The first-order valence-corrected chi connectivity index (χ1v) is 7.11. The molecule has 0 radical (unpaired) electrons. The third-order valence-electron chi connectivity index (χ3n) is 2.53. The molecule has 0 aliphatic carbocycles. The van der Waals surface area contributed by atoms with Crippen molar-refractivity contribution in [3.8, 4) is 0 Å². The molecule has 2 aromatic heterocycles. The summed E-state index contributed by atoms with van der Waals surface area (Å²) < 4.78 is 5.58. The molecule has 0 bridgehead atoms. The molecule has 102 valence electrons. The molecule has 1 amide bonds. The molecule has 0 spiro atoms. The monoisotopic (exact) mass is 327 g/mol. The number of fused-ring (bicyclic) bond motifs is 1. The lowest BCUT2D eigenvalue weighted by atomic mass is 10.3. The van der Waals surface area contributed by atoms with Crippen molar-refractivity contribution in [2.24, 2.45) is 0 Å². The van der Waals surface area contributed by atoms with E-state index in [9.17, 15) is 4.79 Å². The number of benzene rings is 1. The molecule has 20 heavy (non-hydrogen) atoms. The number of rotatable bonds is 2. The second-order valence-electron chi connectivity index (χ2n) is 4.00. The smallest absolute Gasteiger partial charge is 0.279 e. The van der Waals surface area contributed by atoms with Crippen LogP contribution >= 0.6 is 34.5 Å². The van der Waals surface area contributed by atoms with Crippen LogP contribution < -0.4 is 5.32 Å². The van der Waals surface area contributed by atoms with E-state index in [0.717, 1.165) is 4.70 Å². The summed E-state index contributed by atoms with van der Waals surface area (Å²) in [5.74, 6) is 0.165. The highest BCUT2D eigenvalue weighted by molar-refractivity contribution is 7.23. The Labute approximate surface area is 127 Å². The van der Waals surface area contributed by atoms with Gasteiger partial charge in [-0.25, -0.2) is 4.98 Å². The Morgan fingerprint density at radius 2 is 2.10 bits per heavy atom. The van der Waals surface area contributed by atoms with E-state index in [4.69, 9.17) is 27.7 Å². The van der Waals surface area contributed by atoms with Gasteiger partial charge in [-0.05, 0) is 19.1 Å². The zero-order valence-corrected chi connectivity index (χ0v) is 12.4. The maximum absolute atomic E-state index is 11.9. The van der Waals surface area contributed by atoms with Crippen LogP contribution in [0, 0.1) is 6.92 Å². The van der Waals surface area contributed by atoms with Crippen molar-refractivity contribution in [3.63, 3.8) is 0 Å². The Balaban J connectivity index is 1.93. The van der Waals surface area contributed by atoms with Crippen molar-refractivity contribution in [1.82, 2.24) is 10.1 Å². The maximum atomic E-state index is 11.9. The predicted molar refractivity (Wildman–Crippen MR) is 78.8 cm³/mol. The summed E-state index contributed by atoms with van der Waals surface area (Å²) in [4.78, 5) is 16.2. The minimum atomic E-state index is -0.395. The minimum absolute atomic E-state index is 0.193. The highest BCUT2D eigenvalue weighted by Gasteiger charge is 2.15. The lowest BCUT2D eigenvalue weighted by Crippen LogP contribution is -2.11. The van der Waals surface area contributed by atoms with Crippen molar-refractivity contribution in [1.29, 1.82) is 0 Å². The number of anilines is 1. The Morgan fingerprint density at radius 3 is 2.75 bits per heavy atom. The summed E-state index contributed by atoms with van der Waals surface area (Å²) in [5.41, 5.74) is 0.759. The molecule has 1 aromatic carbocycles. The van der Waals surface area contributed by atoms with Gasteiger partial charge in [-0.1, -0.05) is 39.7 Å². The van der Waals surface area contributed by atoms with Gasteiger partial charge in [0.05, 0.1) is 14.7 Å². The molecule has 0 saturated carbocycles. The maximum Gasteiger partial charge on any atom is 0.279 e. The second kappa shape index (κ2) is 5.05. The third kappa shape index (κ3) is 2.37. The number of amides is 1. The SMILES string of the molecule is Cc1cc(C(=O)Nc2nc3c(Cl)ccc(Cl)c3s2)no1. The number of aromatic nitrogens is 2. The van der Waals surface area contributed by atoms with Crippen molar-refractivity contribution in [3.05, 3.63) is 39.7 Å². The highest BCUT2D eigenvalue weighted by Crippen LogP contribution is 2.36. The molecule has 0 unspecified atom stereocenters. The molecule has 0 aliphatic rings. The van der Waals surface area contributed by atoms with Gasteiger partial charge in [0.15, 0.2) is 10.8 Å². The first kappa shape index (κ1) is 13.4. The largest absolute Gasteiger partial charge is 0.361 e. The van der Waals surface area contributed by atoms with E-state index in [0.29, 0.717) is 26.5 Å². The number of nitrogens with zero attached hydrogens (tertiary/aromatic N) is 2. The Morgan fingerprint density at radius 1 is 1.35 bits per heavy atom. The molecule has 0 atom stereocenters. The van der Waals surface area contributed by atoms with E-state index < -0.39 is 5.91 Å². The molecule has 0 saturated heterocycles. The van der Waals surface area contributed by atoms with Crippen LogP contribution in [0.5, 0.6) is 0 Å². The van der Waals surface area contributed by atoms with Crippen LogP contribution in [-0.4, -0.2) is 16.0 Å². The number of hydrogen-bond donors (Lipinski definition) is 1. The van der Waals surface area contributed by atoms with Crippen LogP contribution in [0.25, 0.3) is 10.2 Å². The fourth-order valence-electron chi connectivity index (χ4n) is 1.63. The van der Waals surface area contributed by atoms with Gasteiger partial charge < -0.3 is 4.52 Å². The number of nitrogens with one attached hydrogen (secondary N) is 1. The number of carbonyl (C=O) groups excluding carboxylic acids is 1. The van der Waals surface area contributed by atoms with Crippen LogP contribution in [0.4, 0.5) is 5.13 Å². The van der Waals surface area contributed by atoms with Crippen molar-refractivity contribution < 1.29 is 9.32 Å². The van der Waals surface area contributed by atoms with Gasteiger partial charge in [-0.2, -0.15) is 0 Å². The van der Waals surface area contributed by atoms with Gasteiger partial charge in [-0.3, -0.25) is 10.1 Å². The van der Waals surface area contributed by atoms with E-state index in [1.165, 1.54) is 11.3 Å². The average molecular weight is 328 g/mol. The summed E-state index contributed by atoms with van der Waals surface area (Å²) in [5, 5.41) is 7.71. The quantitative estimate of drug-likeness (QED) is 0.767. The Bertz CT molecular complexity index is 773. The zero-order valence-electron chi connectivity index (χ0n) is 10.1. The van der Waals surface area contributed by atoms with Crippen molar-refractivity contribution in [2.45, 2.75) is 6.92 Å². The van der Waals surface area contributed by atoms with Crippen LogP contribution in [0.15, 0.2) is 22.7 Å². The van der Waals surface area contributed by atoms with Crippen molar-refractivity contribution in [2.75, 3.05) is 5.32 Å². The van der Waals surface area contributed by atoms with Gasteiger partial charge in [0, 0.05) is 6.07 Å². The topological polar surface area (TPSA) is 68.0 Å². The molecule has 3 rings (SSSR count). The normalized spacial score (nSPS) is 10.9. The fourth-order valence-corrected chi connectivity index (χ4v) is 3.05. The fraction of sp³-hybridized carbons (Fsp3) is 0.0833. The highest BCUT2D eigenvalue weighted by atomic mass is 35.5. The van der Waals surface area contributed by atoms with Crippen LogP contribution in [0.2, 0.25) is 10.0 Å². The summed E-state index contributed by atoms with van der Waals surface area (Å²) in [6, 6.07) is 4.90. The van der Waals surface area contributed by atoms with Crippen LogP contribution in [-0.2, 0) is 0 Å². The Hall–Kier alpha value is -1.63. The molecule has 0 aliphatic heterocycles. The van der Waals surface area contributed by atoms with Gasteiger partial charge in [0.25, 0.3) is 5.91 Å². The van der Waals surface area contributed by atoms with Gasteiger partial charge >= 0.3 is 0 Å². The van der Waals surface area contributed by atoms with E-state index in [2.05, 4.69) is 15.5 Å². The van der Waals surface area contributed by atoms with E-state index >= 15 is 0 Å². The van der Waals surface area contributed by atoms with E-state index in [-0.39, 0.29) is 5.69 Å². The average Bonchev–Trinajstić information content (AvgIpc) is 3.01. The second-order valence-corrected chi connectivity index (χ2v) is 5.82. The van der Waals surface area contributed by atoms with E-state index in [1.54, 1.807) is 25.1 Å². The molecule has 3 aromatic rings. The molecule has 1 N–H and O–H groups in total. The summed E-state index contributed by atoms with van der Waals surface area (Å²) >= 11 is 13.4. The van der Waals surface area contributed by atoms with Crippen LogP contribution in [0.1, 0.15) is 16.2 Å². The number of thiazole rings is 1. The molecule has 2 heterocycles. The number of carbonyl (C=O) groups is 1. The van der Waals surface area contributed by atoms with Gasteiger partial charge in [0.2, 0.25) is 0 Å². The van der Waals surface area contributed by atoms with E-state index in [1.807, 2.05) is 0 Å². The lowest BCUT2D eigenvalue weighted by Gasteiger charge is -1.95. The predicted octanol–water partition coefficient (Wildman–Crippen LogP) is 4.15. The molecular weight excluding hydrogens is 321 g/mol. The molecular formula is C12H7Cl2N3O2S. The number of hydrogen-bond acceptors (Lipinski definition) is 5. The Kier molecular flexibility index (Phi) is 3.37. The molecule has 5 nitrogen and oxygen atoms in total. The van der Waals surface area contributed by atoms with Crippen molar-refractivity contribution >= 4 is 55.8 Å². The third-order valence-corrected chi connectivity index (χ3v) is 4.26. The standard InChI is InChI=1S/C12H7Cl2N3O2S/c1-5-4-8(17-19-5)11(18)16-12-15-9-6(13)2-3-7(14)10(9)20-12/h2-4H,1H3,(H,15,16,18). The first-order valence-electron chi connectivity index (χ1n) is 5.54. The van der Waals surface area contributed by atoms with Gasteiger partial charge in [-0.15, -0.1) is 0 Å². The van der Waals surface area contributed by atoms with Crippen LogP contribution in [0.3, 0.4) is 0 Å². The molecule has 8 heteroatoms. The summed E-state index contributed by atoms with van der Waals surface area (Å²) in [6.45, 7) is 1.71. The zero-order chi connectivity index (χ0) is 14.3. The molecule has 0 fully saturated rings. The number of aryl methyl sites for hydroxylation is 1. The minimum Gasteiger partial charge on any atom is -0.361 e.